The summed E-state index contributed by atoms with van der Waals surface area (Å²) in [7, 11) is 2.07. The van der Waals surface area contributed by atoms with Crippen molar-refractivity contribution in [1.82, 2.24) is 10.2 Å². The van der Waals surface area contributed by atoms with Crippen molar-refractivity contribution in [3.63, 3.8) is 0 Å². The molecule has 0 aromatic heterocycles. The molecule has 0 amide bonds. The van der Waals surface area contributed by atoms with Crippen molar-refractivity contribution in [2.75, 3.05) is 46.6 Å². The zero-order chi connectivity index (χ0) is 17.9. The van der Waals surface area contributed by atoms with Crippen LogP contribution in [0.5, 0.6) is 0 Å². The molecule has 2 rings (SSSR count). The molecule has 1 saturated heterocycles. The highest BCUT2D eigenvalue weighted by atomic mass is 79.9. The second-order valence-corrected chi connectivity index (χ2v) is 7.29. The summed E-state index contributed by atoms with van der Waals surface area (Å²) in [6.45, 7) is 7.87. The minimum atomic E-state index is 0.581. The van der Waals surface area contributed by atoms with Crippen LogP contribution in [-0.4, -0.2) is 57.4 Å². The summed E-state index contributed by atoms with van der Waals surface area (Å²) in [4.78, 5) is 6.87. The van der Waals surface area contributed by atoms with E-state index in [9.17, 15) is 0 Å². The van der Waals surface area contributed by atoms with Gasteiger partial charge in [-0.15, -0.1) is 0 Å². The fourth-order valence-electron chi connectivity index (χ4n) is 2.72. The second kappa shape index (κ2) is 11.5. The van der Waals surface area contributed by atoms with E-state index in [0.29, 0.717) is 5.92 Å². The van der Waals surface area contributed by atoms with Gasteiger partial charge in [0.25, 0.3) is 0 Å². The van der Waals surface area contributed by atoms with Crippen molar-refractivity contribution >= 4 is 21.9 Å². The lowest BCUT2D eigenvalue weighted by Crippen LogP contribution is -2.38. The van der Waals surface area contributed by atoms with Gasteiger partial charge in [0.15, 0.2) is 5.96 Å². The average molecular weight is 412 g/mol. The SMILES string of the molecule is CCNC(=NCCCOCC1CCOC1)N(C)Cc1ccc(Br)cc1. The lowest BCUT2D eigenvalue weighted by molar-refractivity contribution is 0.0893. The van der Waals surface area contributed by atoms with Crippen LogP contribution in [0.4, 0.5) is 0 Å². The van der Waals surface area contributed by atoms with E-state index in [4.69, 9.17) is 14.5 Å². The molecule has 5 nitrogen and oxygen atoms in total. The van der Waals surface area contributed by atoms with Crippen LogP contribution >= 0.6 is 15.9 Å². The molecule has 1 unspecified atom stereocenters. The van der Waals surface area contributed by atoms with Crippen molar-refractivity contribution in [1.29, 1.82) is 0 Å². The predicted molar refractivity (Wildman–Crippen MR) is 106 cm³/mol. The number of aliphatic imine (C=N–C) groups is 1. The zero-order valence-electron chi connectivity index (χ0n) is 15.3. The van der Waals surface area contributed by atoms with Gasteiger partial charge in [0.2, 0.25) is 0 Å². The first kappa shape index (κ1) is 20.2. The second-order valence-electron chi connectivity index (χ2n) is 6.38. The van der Waals surface area contributed by atoms with Gasteiger partial charge >= 0.3 is 0 Å². The van der Waals surface area contributed by atoms with E-state index in [1.165, 1.54) is 5.56 Å². The number of nitrogens with one attached hydrogen (secondary N) is 1. The molecule has 25 heavy (non-hydrogen) atoms. The monoisotopic (exact) mass is 411 g/mol. The zero-order valence-corrected chi connectivity index (χ0v) is 16.9. The highest BCUT2D eigenvalue weighted by Gasteiger charge is 2.15. The first-order valence-corrected chi connectivity index (χ1v) is 9.87. The Morgan fingerprint density at radius 2 is 2.20 bits per heavy atom. The highest BCUT2D eigenvalue weighted by molar-refractivity contribution is 9.10. The summed E-state index contributed by atoms with van der Waals surface area (Å²) in [6.07, 6.45) is 2.07. The van der Waals surface area contributed by atoms with Gasteiger partial charge in [-0.05, 0) is 37.5 Å². The number of guanidine groups is 1. The number of halogens is 1. The van der Waals surface area contributed by atoms with Gasteiger partial charge in [-0.2, -0.15) is 0 Å². The van der Waals surface area contributed by atoms with Crippen LogP contribution in [0, 0.1) is 5.92 Å². The number of hydrogen-bond donors (Lipinski definition) is 1. The molecule has 140 valence electrons. The van der Waals surface area contributed by atoms with E-state index < -0.39 is 0 Å². The standard InChI is InChI=1S/C19H30BrN3O2/c1-3-21-19(23(2)13-16-5-7-18(20)8-6-16)22-10-4-11-24-14-17-9-12-25-15-17/h5-8,17H,3-4,9-15H2,1-2H3,(H,21,22). The summed E-state index contributed by atoms with van der Waals surface area (Å²) in [5, 5.41) is 3.36. The lowest BCUT2D eigenvalue weighted by Gasteiger charge is -2.22. The van der Waals surface area contributed by atoms with Crippen LogP contribution in [0.1, 0.15) is 25.3 Å². The third-order valence-electron chi connectivity index (χ3n) is 4.12. The fraction of sp³-hybridized carbons (Fsp3) is 0.632. The Morgan fingerprint density at radius 1 is 1.40 bits per heavy atom. The van der Waals surface area contributed by atoms with Crippen molar-refractivity contribution in [2.24, 2.45) is 10.9 Å². The van der Waals surface area contributed by atoms with E-state index >= 15 is 0 Å². The van der Waals surface area contributed by atoms with Crippen molar-refractivity contribution in [2.45, 2.75) is 26.3 Å². The van der Waals surface area contributed by atoms with Gasteiger partial charge in [-0.1, -0.05) is 28.1 Å². The largest absolute Gasteiger partial charge is 0.381 e. The fourth-order valence-corrected chi connectivity index (χ4v) is 2.99. The lowest BCUT2D eigenvalue weighted by atomic mass is 10.1. The summed E-state index contributed by atoms with van der Waals surface area (Å²) in [5.41, 5.74) is 1.26. The molecule has 0 bridgehead atoms. The Hall–Kier alpha value is -1.11. The van der Waals surface area contributed by atoms with Crippen LogP contribution in [0.25, 0.3) is 0 Å². The first-order chi connectivity index (χ1) is 12.2. The number of benzene rings is 1. The Labute approximate surface area is 159 Å². The molecule has 1 atom stereocenters. The molecule has 1 aromatic carbocycles. The molecular formula is C19H30BrN3O2. The molecule has 0 radical (unpaired) electrons. The Bertz CT molecular complexity index is 516. The molecule has 0 saturated carbocycles. The van der Waals surface area contributed by atoms with Crippen LogP contribution in [-0.2, 0) is 16.0 Å². The predicted octanol–water partition coefficient (Wildman–Crippen LogP) is 3.29. The van der Waals surface area contributed by atoms with Gasteiger partial charge in [0.05, 0.1) is 13.2 Å². The number of nitrogens with zero attached hydrogens (tertiary/aromatic N) is 2. The summed E-state index contributed by atoms with van der Waals surface area (Å²) in [6, 6.07) is 8.40. The molecule has 1 heterocycles. The van der Waals surface area contributed by atoms with Gasteiger partial charge in [-0.25, -0.2) is 0 Å². The molecule has 1 aliphatic heterocycles. The van der Waals surface area contributed by atoms with E-state index in [-0.39, 0.29) is 0 Å². The molecule has 0 aliphatic carbocycles. The molecule has 6 heteroatoms. The molecular weight excluding hydrogens is 382 g/mol. The summed E-state index contributed by atoms with van der Waals surface area (Å²) >= 11 is 3.47. The number of rotatable bonds is 9. The summed E-state index contributed by atoms with van der Waals surface area (Å²) in [5.74, 6) is 1.52. The van der Waals surface area contributed by atoms with Gasteiger partial charge in [0.1, 0.15) is 0 Å². The topological polar surface area (TPSA) is 46.1 Å². The Kier molecular flexibility index (Phi) is 9.29. The van der Waals surface area contributed by atoms with Gasteiger partial charge < -0.3 is 19.7 Å². The van der Waals surface area contributed by atoms with Gasteiger partial charge in [-0.3, -0.25) is 4.99 Å². The van der Waals surface area contributed by atoms with Crippen molar-refractivity contribution in [3.8, 4) is 0 Å². The van der Waals surface area contributed by atoms with Crippen LogP contribution in [0.2, 0.25) is 0 Å². The maximum Gasteiger partial charge on any atom is 0.193 e. The maximum absolute atomic E-state index is 5.74. The van der Waals surface area contributed by atoms with E-state index in [2.05, 4.69) is 64.4 Å². The van der Waals surface area contributed by atoms with Gasteiger partial charge in [0, 0.05) is 50.3 Å². The van der Waals surface area contributed by atoms with E-state index in [1.54, 1.807) is 0 Å². The highest BCUT2D eigenvalue weighted by Crippen LogP contribution is 2.13. The number of hydrogen-bond acceptors (Lipinski definition) is 3. The Balaban J connectivity index is 1.71. The smallest absolute Gasteiger partial charge is 0.193 e. The third kappa shape index (κ3) is 7.75. The van der Waals surface area contributed by atoms with Crippen LogP contribution in [0.3, 0.4) is 0 Å². The minimum absolute atomic E-state index is 0.581. The first-order valence-electron chi connectivity index (χ1n) is 9.08. The molecule has 1 aromatic rings. The van der Waals surface area contributed by atoms with E-state index in [1.807, 2.05) is 0 Å². The molecule has 1 N–H and O–H groups in total. The normalized spacial score (nSPS) is 17.7. The number of ether oxygens (including phenoxy) is 2. The molecule has 1 aliphatic rings. The Morgan fingerprint density at radius 3 is 2.88 bits per heavy atom. The van der Waals surface area contributed by atoms with Crippen LogP contribution < -0.4 is 5.32 Å². The molecule has 0 spiro atoms. The quantitative estimate of drug-likeness (QED) is 0.384. The minimum Gasteiger partial charge on any atom is -0.381 e. The van der Waals surface area contributed by atoms with E-state index in [0.717, 1.165) is 69.3 Å². The third-order valence-corrected chi connectivity index (χ3v) is 4.64. The average Bonchev–Trinajstić information content (AvgIpc) is 3.12. The molecule has 1 fully saturated rings. The van der Waals surface area contributed by atoms with Crippen molar-refractivity contribution in [3.05, 3.63) is 34.3 Å². The summed E-state index contributed by atoms with van der Waals surface area (Å²) < 4.78 is 12.2. The van der Waals surface area contributed by atoms with Crippen LogP contribution in [0.15, 0.2) is 33.7 Å². The maximum atomic E-state index is 5.74. The van der Waals surface area contributed by atoms with Crippen molar-refractivity contribution < 1.29 is 9.47 Å².